The molecule has 0 amide bonds. The van der Waals surface area contributed by atoms with E-state index in [4.69, 9.17) is 4.74 Å². The van der Waals surface area contributed by atoms with E-state index in [1.54, 1.807) is 0 Å². The smallest absolute Gasteiger partial charge is 0.179 e. The van der Waals surface area contributed by atoms with Gasteiger partial charge in [0.25, 0.3) is 0 Å². The van der Waals surface area contributed by atoms with Gasteiger partial charge in [0.05, 0.1) is 6.04 Å². The molecule has 0 aromatic heterocycles. The first kappa shape index (κ1) is 24.0. The number of hydrogen-bond acceptors (Lipinski definition) is 4. The number of likely N-dealkylation sites (N-methyl/N-ethyl adjacent to an activating group) is 1. The summed E-state index contributed by atoms with van der Waals surface area (Å²) in [6, 6.07) is 17.6. The van der Waals surface area contributed by atoms with Gasteiger partial charge in [0.2, 0.25) is 0 Å². The number of carbonyl (C=O) groups is 1. The fraction of sp³-hybridized carbons (Fsp3) is 0.552. The van der Waals surface area contributed by atoms with Crippen LogP contribution in [0.3, 0.4) is 0 Å². The highest BCUT2D eigenvalue weighted by Gasteiger charge is 2.41. The van der Waals surface area contributed by atoms with Gasteiger partial charge in [0.15, 0.2) is 5.78 Å². The number of carbonyl (C=O) groups excluding carboxylic acids is 1. The van der Waals surface area contributed by atoms with Crippen molar-refractivity contribution in [2.75, 3.05) is 19.6 Å². The van der Waals surface area contributed by atoms with Gasteiger partial charge in [-0.25, -0.2) is 0 Å². The molecular weight excluding hydrogens is 408 g/mol. The van der Waals surface area contributed by atoms with Gasteiger partial charge < -0.3 is 9.64 Å². The van der Waals surface area contributed by atoms with Gasteiger partial charge in [-0.3, -0.25) is 9.69 Å². The summed E-state index contributed by atoms with van der Waals surface area (Å²) in [4.78, 5) is 18.2. The van der Waals surface area contributed by atoms with Crippen molar-refractivity contribution in [2.45, 2.75) is 84.0 Å². The Hall–Kier alpha value is -2.17. The summed E-state index contributed by atoms with van der Waals surface area (Å²) in [5, 5.41) is 0. The fourth-order valence-electron chi connectivity index (χ4n) is 5.70. The summed E-state index contributed by atoms with van der Waals surface area (Å²) in [7, 11) is 0. The maximum Gasteiger partial charge on any atom is 0.179 e. The van der Waals surface area contributed by atoms with E-state index >= 15 is 0 Å². The third-order valence-electron chi connectivity index (χ3n) is 7.74. The minimum absolute atomic E-state index is 0.0538. The van der Waals surface area contributed by atoms with E-state index in [-0.39, 0.29) is 11.8 Å². The van der Waals surface area contributed by atoms with E-state index in [0.29, 0.717) is 18.7 Å². The van der Waals surface area contributed by atoms with Gasteiger partial charge in [-0.15, -0.1) is 0 Å². The average molecular weight is 449 g/mol. The minimum Gasteiger partial charge on any atom is -0.489 e. The predicted molar refractivity (Wildman–Crippen MR) is 135 cm³/mol. The third-order valence-corrected chi connectivity index (χ3v) is 7.74. The Morgan fingerprint density at radius 2 is 1.67 bits per heavy atom. The van der Waals surface area contributed by atoms with Gasteiger partial charge in [0.1, 0.15) is 12.4 Å². The molecule has 2 fully saturated rings. The lowest BCUT2D eigenvalue weighted by Gasteiger charge is -2.38. The molecule has 4 nitrogen and oxygen atoms in total. The Morgan fingerprint density at radius 3 is 2.33 bits per heavy atom. The highest BCUT2D eigenvalue weighted by molar-refractivity contribution is 6.00. The van der Waals surface area contributed by atoms with Crippen molar-refractivity contribution in [3.63, 3.8) is 0 Å². The lowest BCUT2D eigenvalue weighted by molar-refractivity contribution is 0.0640. The monoisotopic (exact) mass is 448 g/mol. The largest absolute Gasteiger partial charge is 0.489 e. The van der Waals surface area contributed by atoms with Crippen LogP contribution in [0.1, 0.15) is 74.4 Å². The standard InChI is InChI=1S/C29H40N2O2/c1-4-30(5-2)19-18-23-12-14-24(15-13-23)21-33-28-11-6-8-25(20-28)29(32)22(3)31-26-9-7-10-27(31)17-16-26/h6,8,11-15,20,22,26-27H,4-5,7,9-10,16-19,21H2,1-3H3. The molecule has 2 bridgehead atoms. The van der Waals surface area contributed by atoms with E-state index in [2.05, 4.69) is 54.8 Å². The zero-order chi connectivity index (χ0) is 23.2. The first-order valence-corrected chi connectivity index (χ1v) is 12.9. The van der Waals surface area contributed by atoms with Crippen molar-refractivity contribution >= 4 is 5.78 Å². The van der Waals surface area contributed by atoms with Crippen molar-refractivity contribution in [2.24, 2.45) is 0 Å². The summed E-state index contributed by atoms with van der Waals surface area (Å²) in [5.41, 5.74) is 3.27. The zero-order valence-electron chi connectivity index (χ0n) is 20.6. The normalized spacial score (nSPS) is 21.3. The van der Waals surface area contributed by atoms with Crippen LogP contribution in [0, 0.1) is 0 Å². The van der Waals surface area contributed by atoms with E-state index in [1.807, 2.05) is 24.3 Å². The Labute approximate surface area is 199 Å². The van der Waals surface area contributed by atoms with E-state index in [1.165, 1.54) is 37.7 Å². The maximum absolute atomic E-state index is 13.3. The molecule has 178 valence electrons. The van der Waals surface area contributed by atoms with E-state index in [0.717, 1.165) is 42.9 Å². The predicted octanol–water partition coefficient (Wildman–Crippen LogP) is 5.74. The second-order valence-corrected chi connectivity index (χ2v) is 9.71. The van der Waals surface area contributed by atoms with Crippen molar-refractivity contribution in [3.8, 4) is 5.75 Å². The van der Waals surface area contributed by atoms with Crippen LogP contribution >= 0.6 is 0 Å². The van der Waals surface area contributed by atoms with Gasteiger partial charge in [-0.2, -0.15) is 0 Å². The Morgan fingerprint density at radius 1 is 1.00 bits per heavy atom. The first-order chi connectivity index (χ1) is 16.1. The van der Waals surface area contributed by atoms with Crippen molar-refractivity contribution in [1.29, 1.82) is 0 Å². The molecule has 2 aliphatic heterocycles. The number of Topliss-reactive ketones (excluding diaryl/α,β-unsaturated/α-hetero) is 1. The van der Waals surface area contributed by atoms with Crippen LogP contribution in [0.4, 0.5) is 0 Å². The molecule has 3 atom stereocenters. The van der Waals surface area contributed by atoms with Crippen LogP contribution in [-0.2, 0) is 13.0 Å². The van der Waals surface area contributed by atoms with E-state index < -0.39 is 0 Å². The van der Waals surface area contributed by atoms with Gasteiger partial charge in [-0.1, -0.05) is 56.7 Å². The molecule has 0 saturated carbocycles. The summed E-state index contributed by atoms with van der Waals surface area (Å²) in [6.07, 6.45) is 7.37. The molecule has 2 aromatic carbocycles. The van der Waals surface area contributed by atoms with E-state index in [9.17, 15) is 4.79 Å². The lowest BCUT2D eigenvalue weighted by Crippen LogP contribution is -2.48. The van der Waals surface area contributed by atoms with Crippen LogP contribution < -0.4 is 4.74 Å². The average Bonchev–Trinajstić information content (AvgIpc) is 3.11. The van der Waals surface area contributed by atoms with Gasteiger partial charge >= 0.3 is 0 Å². The molecule has 0 radical (unpaired) electrons. The van der Waals surface area contributed by atoms with Crippen LogP contribution in [0.2, 0.25) is 0 Å². The van der Waals surface area contributed by atoms with Gasteiger partial charge in [-0.05, 0) is 75.4 Å². The number of ketones is 1. The second kappa shape index (κ2) is 11.3. The summed E-state index contributed by atoms with van der Waals surface area (Å²) < 4.78 is 6.06. The first-order valence-electron chi connectivity index (χ1n) is 12.9. The highest BCUT2D eigenvalue weighted by Crippen LogP contribution is 2.37. The molecule has 4 rings (SSSR count). The molecule has 2 saturated heterocycles. The quantitative estimate of drug-likeness (QED) is 0.411. The third kappa shape index (κ3) is 5.85. The number of rotatable bonds is 11. The SMILES string of the molecule is CCN(CC)CCc1ccc(COc2cccc(C(=O)C(C)N3C4CCCC3CC4)c2)cc1. The second-order valence-electron chi connectivity index (χ2n) is 9.71. The van der Waals surface area contributed by atoms with Crippen LogP contribution in [0.5, 0.6) is 5.75 Å². The molecule has 0 spiro atoms. The Bertz CT molecular complexity index is 890. The minimum atomic E-state index is -0.0538. The number of ether oxygens (including phenoxy) is 1. The zero-order valence-corrected chi connectivity index (χ0v) is 20.6. The molecule has 3 unspecified atom stereocenters. The van der Waals surface area contributed by atoms with Crippen LogP contribution in [0.25, 0.3) is 0 Å². The maximum atomic E-state index is 13.3. The molecule has 0 aliphatic carbocycles. The summed E-state index contributed by atoms with van der Waals surface area (Å²) in [5.74, 6) is 0.983. The number of piperidine rings is 1. The molecule has 2 aromatic rings. The number of benzene rings is 2. The fourth-order valence-corrected chi connectivity index (χ4v) is 5.70. The summed E-state index contributed by atoms with van der Waals surface area (Å²) in [6.45, 7) is 10.3. The van der Waals surface area contributed by atoms with Crippen LogP contribution in [0.15, 0.2) is 48.5 Å². The lowest BCUT2D eigenvalue weighted by atomic mass is 9.96. The highest BCUT2D eigenvalue weighted by atomic mass is 16.5. The van der Waals surface area contributed by atoms with Crippen molar-refractivity contribution in [1.82, 2.24) is 9.80 Å². The molecule has 33 heavy (non-hydrogen) atoms. The molecule has 2 aliphatic rings. The molecule has 2 heterocycles. The summed E-state index contributed by atoms with van der Waals surface area (Å²) >= 11 is 0. The number of hydrogen-bond donors (Lipinski definition) is 0. The Kier molecular flexibility index (Phi) is 8.21. The Balaban J connectivity index is 1.32. The van der Waals surface area contributed by atoms with Crippen molar-refractivity contribution < 1.29 is 9.53 Å². The van der Waals surface area contributed by atoms with Crippen LogP contribution in [-0.4, -0.2) is 53.3 Å². The topological polar surface area (TPSA) is 32.8 Å². The van der Waals surface area contributed by atoms with Crippen molar-refractivity contribution in [3.05, 3.63) is 65.2 Å². The number of nitrogens with zero attached hydrogens (tertiary/aromatic N) is 2. The number of fused-ring (bicyclic) bond motifs is 2. The molecule has 4 heteroatoms. The van der Waals surface area contributed by atoms with Gasteiger partial charge in [0, 0.05) is 24.2 Å². The molecule has 0 N–H and O–H groups in total. The molecular formula is C29H40N2O2.